The van der Waals surface area contributed by atoms with Gasteiger partial charge in [0.15, 0.2) is 0 Å². The average Bonchev–Trinajstić information content (AvgIpc) is 1.93. The van der Waals surface area contributed by atoms with Crippen molar-refractivity contribution in [3.05, 3.63) is 28.5 Å². The molecule has 1 aromatic rings. The minimum atomic E-state index is 0.889. The van der Waals surface area contributed by atoms with Crippen molar-refractivity contribution in [3.8, 4) is 0 Å². The summed E-state index contributed by atoms with van der Waals surface area (Å²) in [6.07, 6.45) is 1.88. The highest BCUT2D eigenvalue weighted by atomic mass is 79.9. The van der Waals surface area contributed by atoms with E-state index in [2.05, 4.69) is 31.9 Å². The molecule has 0 aliphatic rings. The summed E-state index contributed by atoms with van der Waals surface area (Å²) in [6, 6.07) is 4.02. The molecule has 1 rings (SSSR count). The van der Waals surface area contributed by atoms with Crippen LogP contribution in [0, 0.1) is 0 Å². The van der Waals surface area contributed by atoms with Crippen LogP contribution >= 0.6 is 15.9 Å². The Hall–Kier alpha value is -0.410. The van der Waals surface area contributed by atoms with Crippen LogP contribution in [0.1, 0.15) is 5.56 Å². The zero-order valence-electron chi connectivity index (χ0n) is 6.71. The van der Waals surface area contributed by atoms with Gasteiger partial charge in [0.2, 0.25) is 0 Å². The molecule has 0 atom stereocenters. The molecule has 0 aliphatic carbocycles. The molecule has 0 spiro atoms. The van der Waals surface area contributed by atoms with E-state index in [1.807, 2.05) is 26.4 Å². The van der Waals surface area contributed by atoms with Gasteiger partial charge in [-0.1, -0.05) is 6.07 Å². The number of hydrogen-bond acceptors (Lipinski definition) is 2. The molecular formula is C8H11BrN2. The van der Waals surface area contributed by atoms with Crippen molar-refractivity contribution in [3.63, 3.8) is 0 Å². The topological polar surface area (TPSA) is 16.1 Å². The maximum absolute atomic E-state index is 4.12. The quantitative estimate of drug-likeness (QED) is 0.700. The molecular weight excluding hydrogens is 204 g/mol. The fourth-order valence-electron chi connectivity index (χ4n) is 0.865. The van der Waals surface area contributed by atoms with E-state index in [-0.39, 0.29) is 0 Å². The summed E-state index contributed by atoms with van der Waals surface area (Å²) in [4.78, 5) is 6.24. The van der Waals surface area contributed by atoms with Crippen molar-refractivity contribution in [1.82, 2.24) is 9.88 Å². The summed E-state index contributed by atoms with van der Waals surface area (Å²) in [5.74, 6) is 0. The second-order valence-corrected chi connectivity index (χ2v) is 3.54. The minimum absolute atomic E-state index is 0.889. The molecule has 0 amide bonds. The van der Waals surface area contributed by atoms with Gasteiger partial charge in [0.05, 0.1) is 0 Å². The van der Waals surface area contributed by atoms with Crippen LogP contribution < -0.4 is 0 Å². The van der Waals surface area contributed by atoms with E-state index in [4.69, 9.17) is 0 Å². The van der Waals surface area contributed by atoms with E-state index in [9.17, 15) is 0 Å². The second-order valence-electron chi connectivity index (χ2n) is 2.73. The molecule has 0 bridgehead atoms. The fourth-order valence-corrected chi connectivity index (χ4v) is 1.10. The normalized spacial score (nSPS) is 10.5. The van der Waals surface area contributed by atoms with Gasteiger partial charge in [0.1, 0.15) is 4.60 Å². The van der Waals surface area contributed by atoms with Crippen molar-refractivity contribution in [2.24, 2.45) is 0 Å². The molecule has 0 aromatic carbocycles. The molecule has 0 fully saturated rings. The van der Waals surface area contributed by atoms with Crippen LogP contribution in [0.15, 0.2) is 22.9 Å². The lowest BCUT2D eigenvalue weighted by atomic mass is 10.3. The smallest absolute Gasteiger partial charge is 0.106 e. The number of aromatic nitrogens is 1. The first-order chi connectivity index (χ1) is 5.18. The summed E-state index contributed by atoms with van der Waals surface area (Å²) in [7, 11) is 4.09. The number of hydrogen-bond donors (Lipinski definition) is 0. The second kappa shape index (κ2) is 3.83. The molecule has 1 aromatic heterocycles. The highest BCUT2D eigenvalue weighted by molar-refractivity contribution is 9.10. The lowest BCUT2D eigenvalue weighted by Gasteiger charge is -2.08. The van der Waals surface area contributed by atoms with Crippen molar-refractivity contribution < 1.29 is 0 Å². The molecule has 0 unspecified atom stereocenters. The summed E-state index contributed by atoms with van der Waals surface area (Å²) in [6.45, 7) is 0.945. The van der Waals surface area contributed by atoms with E-state index < -0.39 is 0 Å². The first-order valence-corrected chi connectivity index (χ1v) is 4.23. The molecule has 0 aliphatic heterocycles. The molecule has 60 valence electrons. The van der Waals surface area contributed by atoms with Crippen LogP contribution in [0.3, 0.4) is 0 Å². The Kier molecular flexibility index (Phi) is 3.02. The van der Waals surface area contributed by atoms with Crippen molar-refractivity contribution in [2.75, 3.05) is 14.1 Å². The molecule has 0 saturated carbocycles. The average molecular weight is 215 g/mol. The van der Waals surface area contributed by atoms with Gasteiger partial charge in [-0.05, 0) is 41.7 Å². The van der Waals surface area contributed by atoms with Crippen molar-refractivity contribution in [2.45, 2.75) is 6.54 Å². The molecule has 11 heavy (non-hydrogen) atoms. The molecule has 0 N–H and O–H groups in total. The molecule has 0 radical (unpaired) electrons. The van der Waals surface area contributed by atoms with Crippen LogP contribution in [0.25, 0.3) is 0 Å². The Morgan fingerprint density at radius 1 is 1.45 bits per heavy atom. The Morgan fingerprint density at radius 2 is 2.18 bits per heavy atom. The summed E-state index contributed by atoms with van der Waals surface area (Å²) in [5, 5.41) is 0. The number of pyridine rings is 1. The van der Waals surface area contributed by atoms with Crippen LogP contribution in [0.4, 0.5) is 0 Å². The third-order valence-corrected chi connectivity index (χ3v) is 1.76. The van der Waals surface area contributed by atoms with Gasteiger partial charge < -0.3 is 4.90 Å². The van der Waals surface area contributed by atoms with Crippen LogP contribution in [0.5, 0.6) is 0 Å². The number of nitrogens with zero attached hydrogens (tertiary/aromatic N) is 2. The number of halogens is 1. The number of rotatable bonds is 2. The van der Waals surface area contributed by atoms with Gasteiger partial charge in [0.25, 0.3) is 0 Å². The van der Waals surface area contributed by atoms with Crippen LogP contribution in [-0.2, 0) is 6.54 Å². The third-order valence-electron chi connectivity index (χ3n) is 1.29. The SMILES string of the molecule is CN(C)Cc1ccc(Br)nc1. The molecule has 1 heterocycles. The summed E-state index contributed by atoms with van der Waals surface area (Å²) in [5.41, 5.74) is 1.23. The predicted octanol–water partition coefficient (Wildman–Crippen LogP) is 1.91. The van der Waals surface area contributed by atoms with E-state index in [0.717, 1.165) is 11.1 Å². The van der Waals surface area contributed by atoms with E-state index in [0.29, 0.717) is 0 Å². The zero-order chi connectivity index (χ0) is 8.27. The summed E-state index contributed by atoms with van der Waals surface area (Å²) < 4.78 is 0.889. The van der Waals surface area contributed by atoms with Gasteiger partial charge >= 0.3 is 0 Å². The lowest BCUT2D eigenvalue weighted by molar-refractivity contribution is 0.402. The zero-order valence-corrected chi connectivity index (χ0v) is 8.30. The lowest BCUT2D eigenvalue weighted by Crippen LogP contribution is -2.10. The highest BCUT2D eigenvalue weighted by Crippen LogP contribution is 2.06. The Labute approximate surface area is 75.4 Å². The van der Waals surface area contributed by atoms with Gasteiger partial charge in [-0.15, -0.1) is 0 Å². The third kappa shape index (κ3) is 2.99. The molecule has 3 heteroatoms. The molecule has 2 nitrogen and oxygen atoms in total. The Bertz CT molecular complexity index is 218. The Morgan fingerprint density at radius 3 is 2.64 bits per heavy atom. The fraction of sp³-hybridized carbons (Fsp3) is 0.375. The van der Waals surface area contributed by atoms with Crippen LogP contribution in [-0.4, -0.2) is 24.0 Å². The largest absolute Gasteiger partial charge is 0.305 e. The Balaban J connectivity index is 2.66. The van der Waals surface area contributed by atoms with Gasteiger partial charge in [-0.3, -0.25) is 0 Å². The van der Waals surface area contributed by atoms with Gasteiger partial charge in [0, 0.05) is 12.7 Å². The van der Waals surface area contributed by atoms with Crippen LogP contribution in [0.2, 0.25) is 0 Å². The first-order valence-electron chi connectivity index (χ1n) is 3.43. The highest BCUT2D eigenvalue weighted by Gasteiger charge is 1.94. The monoisotopic (exact) mass is 214 g/mol. The maximum atomic E-state index is 4.12. The molecule has 0 saturated heterocycles. The van der Waals surface area contributed by atoms with Gasteiger partial charge in [-0.25, -0.2) is 4.98 Å². The first kappa shape index (κ1) is 8.68. The van der Waals surface area contributed by atoms with Crippen molar-refractivity contribution in [1.29, 1.82) is 0 Å². The van der Waals surface area contributed by atoms with E-state index >= 15 is 0 Å². The van der Waals surface area contributed by atoms with E-state index in [1.54, 1.807) is 0 Å². The summed E-state index contributed by atoms with van der Waals surface area (Å²) >= 11 is 3.29. The maximum Gasteiger partial charge on any atom is 0.106 e. The standard InChI is InChI=1S/C8H11BrN2/c1-11(2)6-7-3-4-8(9)10-5-7/h3-5H,6H2,1-2H3. The van der Waals surface area contributed by atoms with Gasteiger partial charge in [-0.2, -0.15) is 0 Å². The van der Waals surface area contributed by atoms with Crippen molar-refractivity contribution >= 4 is 15.9 Å². The van der Waals surface area contributed by atoms with E-state index in [1.165, 1.54) is 5.56 Å². The predicted molar refractivity (Wildman–Crippen MR) is 49.3 cm³/mol. The minimum Gasteiger partial charge on any atom is -0.305 e.